The number of halogens is 3. The van der Waals surface area contributed by atoms with E-state index in [2.05, 4.69) is 10.2 Å². The molecule has 2 amide bonds. The second kappa shape index (κ2) is 10.6. The number of nitrogens with zero attached hydrogens (tertiary/aromatic N) is 4. The van der Waals surface area contributed by atoms with Gasteiger partial charge in [0.25, 0.3) is 0 Å². The van der Waals surface area contributed by atoms with Crippen LogP contribution in [0, 0.1) is 0 Å². The Bertz CT molecular complexity index is 520. The molecule has 2 heterocycles. The van der Waals surface area contributed by atoms with Gasteiger partial charge in [-0.25, -0.2) is 9.69 Å². The third-order valence-electron chi connectivity index (χ3n) is 3.67. The van der Waals surface area contributed by atoms with E-state index < -0.39 is 0 Å². The van der Waals surface area contributed by atoms with Gasteiger partial charge in [0.05, 0.1) is 11.9 Å². The molecule has 0 spiro atoms. The van der Waals surface area contributed by atoms with Crippen molar-refractivity contribution in [2.75, 3.05) is 29.9 Å². The number of rotatable bonds is 10. The van der Waals surface area contributed by atoms with Crippen LogP contribution in [0.25, 0.3) is 0 Å². The molecule has 10 heteroatoms. The topological polar surface area (TPSA) is 58.6 Å². The van der Waals surface area contributed by atoms with Crippen LogP contribution in [-0.2, 0) is 10.6 Å². The molecule has 1 aromatic rings. The zero-order chi connectivity index (χ0) is 17.4. The Morgan fingerprint density at radius 3 is 2.62 bits per heavy atom. The summed E-state index contributed by atoms with van der Waals surface area (Å²) in [4.78, 5) is 15.7. The number of ether oxygens (including phenoxy) is 1. The molecule has 1 aromatic heterocycles. The summed E-state index contributed by atoms with van der Waals surface area (Å²) in [6, 6.07) is -0.0672. The Morgan fingerprint density at radius 2 is 1.96 bits per heavy atom. The standard InChI is InChI=1S/C14H21Cl3N4O2S/c15-6-3-1-2-4-8-23-12-5-7-20(10-17)14(22)21(12)13-19-18-11(9-16)24-13/h12H,1-10H2. The van der Waals surface area contributed by atoms with E-state index in [1.165, 1.54) is 11.3 Å². The van der Waals surface area contributed by atoms with Crippen LogP contribution >= 0.6 is 46.1 Å². The normalized spacial score (nSPS) is 18.5. The Balaban J connectivity index is 1.97. The highest BCUT2D eigenvalue weighted by Crippen LogP contribution is 2.29. The van der Waals surface area contributed by atoms with Gasteiger partial charge in [-0.05, 0) is 12.8 Å². The van der Waals surface area contributed by atoms with E-state index in [-0.39, 0.29) is 24.1 Å². The van der Waals surface area contributed by atoms with Crippen LogP contribution in [0.1, 0.15) is 37.1 Å². The molecule has 0 aromatic carbocycles. The van der Waals surface area contributed by atoms with Crippen molar-refractivity contribution >= 4 is 57.3 Å². The molecule has 1 atom stereocenters. The number of aromatic nitrogens is 2. The predicted molar refractivity (Wildman–Crippen MR) is 98.3 cm³/mol. The van der Waals surface area contributed by atoms with Gasteiger partial charge >= 0.3 is 6.03 Å². The minimum Gasteiger partial charge on any atom is -0.358 e. The van der Waals surface area contributed by atoms with Crippen molar-refractivity contribution in [2.45, 2.75) is 44.2 Å². The number of hydrogen-bond acceptors (Lipinski definition) is 5. The maximum atomic E-state index is 12.6. The summed E-state index contributed by atoms with van der Waals surface area (Å²) >= 11 is 18.6. The van der Waals surface area contributed by atoms with Gasteiger partial charge < -0.3 is 9.64 Å². The van der Waals surface area contributed by atoms with Gasteiger partial charge in [-0.3, -0.25) is 0 Å². The van der Waals surface area contributed by atoms with Crippen molar-refractivity contribution < 1.29 is 9.53 Å². The Morgan fingerprint density at radius 1 is 1.17 bits per heavy atom. The largest absolute Gasteiger partial charge is 0.358 e. The first-order chi connectivity index (χ1) is 11.7. The molecule has 0 saturated carbocycles. The molecule has 1 aliphatic heterocycles. The van der Waals surface area contributed by atoms with Crippen molar-refractivity contribution in [1.29, 1.82) is 0 Å². The van der Waals surface area contributed by atoms with Gasteiger partial charge in [0.1, 0.15) is 11.2 Å². The summed E-state index contributed by atoms with van der Waals surface area (Å²) in [5, 5.41) is 9.22. The molecule has 1 unspecified atom stereocenters. The predicted octanol–water partition coefficient (Wildman–Crippen LogP) is 4.25. The Hall–Kier alpha value is -0.340. The van der Waals surface area contributed by atoms with Gasteiger partial charge in [0.2, 0.25) is 5.13 Å². The van der Waals surface area contributed by atoms with Gasteiger partial charge in [-0.15, -0.1) is 45.0 Å². The molecular weight excluding hydrogens is 395 g/mol. The van der Waals surface area contributed by atoms with Crippen LogP contribution < -0.4 is 4.90 Å². The molecule has 2 rings (SSSR count). The van der Waals surface area contributed by atoms with Crippen LogP contribution in [0.15, 0.2) is 0 Å². The van der Waals surface area contributed by atoms with Crippen LogP contribution in [0.3, 0.4) is 0 Å². The summed E-state index contributed by atoms with van der Waals surface area (Å²) in [5.41, 5.74) is 0. The van der Waals surface area contributed by atoms with Gasteiger partial charge in [-0.1, -0.05) is 24.2 Å². The van der Waals surface area contributed by atoms with Crippen LogP contribution in [-0.4, -0.2) is 52.4 Å². The summed E-state index contributed by atoms with van der Waals surface area (Å²) in [5.74, 6) is 0.963. The number of urea groups is 1. The zero-order valence-corrected chi connectivity index (χ0v) is 16.4. The van der Waals surface area contributed by atoms with E-state index in [9.17, 15) is 4.79 Å². The van der Waals surface area contributed by atoms with E-state index in [1.54, 1.807) is 9.80 Å². The minimum atomic E-state index is -0.346. The van der Waals surface area contributed by atoms with Crippen molar-refractivity contribution in [3.8, 4) is 0 Å². The molecule has 0 radical (unpaired) electrons. The van der Waals surface area contributed by atoms with Crippen molar-refractivity contribution in [1.82, 2.24) is 15.1 Å². The average Bonchev–Trinajstić information content (AvgIpc) is 3.07. The van der Waals surface area contributed by atoms with Crippen molar-refractivity contribution in [2.24, 2.45) is 0 Å². The van der Waals surface area contributed by atoms with Gasteiger partial charge in [0.15, 0.2) is 0 Å². The Kier molecular flexibility index (Phi) is 8.83. The lowest BCUT2D eigenvalue weighted by molar-refractivity contribution is 0.0289. The van der Waals surface area contributed by atoms with E-state index in [0.717, 1.165) is 25.7 Å². The van der Waals surface area contributed by atoms with Gasteiger partial charge in [-0.2, -0.15) is 0 Å². The maximum absolute atomic E-state index is 12.6. The second-order valence-electron chi connectivity index (χ2n) is 5.36. The van der Waals surface area contributed by atoms with E-state index >= 15 is 0 Å². The molecule has 24 heavy (non-hydrogen) atoms. The van der Waals surface area contributed by atoms with E-state index in [1.807, 2.05) is 0 Å². The SMILES string of the molecule is O=C1N(CCl)CCC(OCCCCCCCl)N1c1nnc(CCl)s1. The fraction of sp³-hybridized carbons (Fsp3) is 0.786. The molecule has 136 valence electrons. The smallest absolute Gasteiger partial charge is 0.329 e. The molecule has 0 aliphatic carbocycles. The Labute approximate surface area is 161 Å². The highest BCUT2D eigenvalue weighted by atomic mass is 35.5. The molecule has 1 saturated heterocycles. The minimum absolute atomic E-state index is 0.141. The van der Waals surface area contributed by atoms with E-state index in [4.69, 9.17) is 39.5 Å². The number of amides is 2. The van der Waals surface area contributed by atoms with Crippen LogP contribution in [0.5, 0.6) is 0 Å². The number of hydrogen-bond donors (Lipinski definition) is 0. The monoisotopic (exact) mass is 414 g/mol. The third kappa shape index (κ3) is 5.33. The van der Waals surface area contributed by atoms with E-state index in [0.29, 0.717) is 35.6 Å². The summed E-state index contributed by atoms with van der Waals surface area (Å²) in [6.07, 6.45) is 4.45. The highest BCUT2D eigenvalue weighted by Gasteiger charge is 2.36. The third-order valence-corrected chi connectivity index (χ3v) is 5.56. The molecule has 1 fully saturated rings. The number of carbonyl (C=O) groups is 1. The summed E-state index contributed by atoms with van der Waals surface area (Å²) < 4.78 is 5.94. The lowest BCUT2D eigenvalue weighted by Crippen LogP contribution is -2.55. The van der Waals surface area contributed by atoms with Crippen molar-refractivity contribution in [3.05, 3.63) is 5.01 Å². The lowest BCUT2D eigenvalue weighted by atomic mass is 10.2. The zero-order valence-electron chi connectivity index (χ0n) is 13.3. The van der Waals surface area contributed by atoms with Crippen molar-refractivity contribution in [3.63, 3.8) is 0 Å². The lowest BCUT2D eigenvalue weighted by Gasteiger charge is -2.38. The number of carbonyl (C=O) groups excluding carboxylic acids is 1. The number of unbranched alkanes of at least 4 members (excludes halogenated alkanes) is 3. The first-order valence-electron chi connectivity index (χ1n) is 7.91. The average molecular weight is 416 g/mol. The second-order valence-corrected chi connectivity index (χ2v) is 7.29. The first-order valence-corrected chi connectivity index (χ1v) is 10.3. The first kappa shape index (κ1) is 20.0. The molecular formula is C14H21Cl3N4O2S. The molecule has 6 nitrogen and oxygen atoms in total. The fourth-order valence-corrected chi connectivity index (χ4v) is 3.76. The van der Waals surface area contributed by atoms with Crippen LogP contribution in [0.4, 0.5) is 9.93 Å². The highest BCUT2D eigenvalue weighted by molar-refractivity contribution is 7.15. The number of anilines is 1. The summed E-state index contributed by atoms with van der Waals surface area (Å²) in [6.45, 7) is 1.16. The van der Waals surface area contributed by atoms with Crippen LogP contribution in [0.2, 0.25) is 0 Å². The fourth-order valence-electron chi connectivity index (χ4n) is 2.41. The maximum Gasteiger partial charge on any atom is 0.329 e. The quantitative estimate of drug-likeness (QED) is 0.326. The molecule has 0 N–H and O–H groups in total. The molecule has 0 bridgehead atoms. The van der Waals surface area contributed by atoms with Gasteiger partial charge in [0, 0.05) is 25.5 Å². The summed E-state index contributed by atoms with van der Waals surface area (Å²) in [7, 11) is 0. The molecule has 1 aliphatic rings. The number of alkyl halides is 3.